The molecule has 0 aliphatic heterocycles. The van der Waals surface area contributed by atoms with E-state index < -0.39 is 19.2 Å². The Labute approximate surface area is 131 Å². The van der Waals surface area contributed by atoms with Crippen LogP contribution in [-0.4, -0.2) is 24.3 Å². The van der Waals surface area contributed by atoms with Crippen LogP contribution in [0.1, 0.15) is 26.3 Å². The van der Waals surface area contributed by atoms with E-state index in [1.54, 1.807) is 30.3 Å². The van der Waals surface area contributed by atoms with E-state index in [4.69, 9.17) is 5.11 Å². The summed E-state index contributed by atoms with van der Waals surface area (Å²) in [5.41, 5.74) is 0.504. The third-order valence-electron chi connectivity index (χ3n) is 2.95. The SMILES string of the molecule is O=C(O)c1ccc(/C(=C/C(=O)c2ccccc2)OB(F)F)cc1. The number of carboxylic acid groups (broad SMARTS) is 1. The van der Waals surface area contributed by atoms with Crippen LogP contribution in [0.2, 0.25) is 0 Å². The maximum Gasteiger partial charge on any atom is 0.796 e. The van der Waals surface area contributed by atoms with Crippen molar-refractivity contribution in [3.63, 3.8) is 0 Å². The third-order valence-corrected chi connectivity index (χ3v) is 2.95. The van der Waals surface area contributed by atoms with Crippen molar-refractivity contribution in [2.45, 2.75) is 0 Å². The fourth-order valence-corrected chi connectivity index (χ4v) is 1.86. The predicted molar refractivity (Wildman–Crippen MR) is 81.2 cm³/mol. The molecule has 0 aliphatic carbocycles. The predicted octanol–water partition coefficient (Wildman–Crippen LogP) is 3.55. The summed E-state index contributed by atoms with van der Waals surface area (Å²) in [6.45, 7) is 0. The van der Waals surface area contributed by atoms with Crippen molar-refractivity contribution in [1.29, 1.82) is 0 Å². The number of hydrogen-bond acceptors (Lipinski definition) is 3. The first-order valence-corrected chi connectivity index (χ1v) is 6.57. The van der Waals surface area contributed by atoms with Crippen molar-refractivity contribution in [3.05, 3.63) is 77.4 Å². The zero-order valence-corrected chi connectivity index (χ0v) is 11.8. The van der Waals surface area contributed by atoms with Gasteiger partial charge in [0.05, 0.1) is 5.56 Å². The van der Waals surface area contributed by atoms with E-state index in [-0.39, 0.29) is 16.9 Å². The number of ketones is 1. The maximum atomic E-state index is 12.6. The van der Waals surface area contributed by atoms with E-state index in [9.17, 15) is 18.2 Å². The number of allylic oxidation sites excluding steroid dienone is 1. The van der Waals surface area contributed by atoms with Crippen LogP contribution < -0.4 is 0 Å². The second-order valence-corrected chi connectivity index (χ2v) is 4.50. The molecule has 0 aliphatic rings. The molecule has 2 rings (SSSR count). The van der Waals surface area contributed by atoms with E-state index >= 15 is 0 Å². The first-order chi connectivity index (χ1) is 11.0. The molecule has 1 N–H and O–H groups in total. The van der Waals surface area contributed by atoms with Gasteiger partial charge in [-0.05, 0) is 12.1 Å². The highest BCUT2D eigenvalue weighted by molar-refractivity contribution is 6.36. The number of halogens is 2. The molecule has 23 heavy (non-hydrogen) atoms. The minimum absolute atomic E-state index is 0.000433. The summed E-state index contributed by atoms with van der Waals surface area (Å²) < 4.78 is 29.5. The molecule has 0 atom stereocenters. The van der Waals surface area contributed by atoms with Gasteiger partial charge in [0, 0.05) is 17.2 Å². The van der Waals surface area contributed by atoms with Gasteiger partial charge in [-0.1, -0.05) is 42.5 Å². The summed E-state index contributed by atoms with van der Waals surface area (Å²) in [6.07, 6.45) is 0.956. The third kappa shape index (κ3) is 4.51. The molecule has 4 nitrogen and oxygen atoms in total. The highest BCUT2D eigenvalue weighted by Crippen LogP contribution is 2.20. The number of rotatable bonds is 6. The Morgan fingerprint density at radius 2 is 1.48 bits per heavy atom. The van der Waals surface area contributed by atoms with Crippen LogP contribution in [0, 0.1) is 0 Å². The van der Waals surface area contributed by atoms with E-state index in [2.05, 4.69) is 4.65 Å². The van der Waals surface area contributed by atoms with Gasteiger partial charge in [0.15, 0.2) is 5.78 Å². The summed E-state index contributed by atoms with van der Waals surface area (Å²) in [6, 6.07) is 13.2. The lowest BCUT2D eigenvalue weighted by molar-refractivity contribution is 0.0696. The number of aromatic carboxylic acids is 1. The minimum atomic E-state index is -3.11. The van der Waals surface area contributed by atoms with Crippen LogP contribution in [-0.2, 0) is 4.65 Å². The Hall–Kier alpha value is -2.96. The standard InChI is InChI=1S/C16H11BF2O4/c18-17(19)23-15(10-14(20)11-4-2-1-3-5-11)12-6-8-13(9-7-12)16(21)22/h1-10H,(H,21,22)/b15-10-. The van der Waals surface area contributed by atoms with Crippen molar-refractivity contribution < 1.29 is 28.0 Å². The van der Waals surface area contributed by atoms with Crippen molar-refractivity contribution in [3.8, 4) is 0 Å². The van der Waals surface area contributed by atoms with Crippen LogP contribution in [0.5, 0.6) is 0 Å². The Kier molecular flexibility index (Phi) is 5.25. The van der Waals surface area contributed by atoms with Crippen LogP contribution in [0.15, 0.2) is 60.7 Å². The average molecular weight is 316 g/mol. The lowest BCUT2D eigenvalue weighted by Crippen LogP contribution is -2.07. The highest BCUT2D eigenvalue weighted by Gasteiger charge is 2.21. The van der Waals surface area contributed by atoms with E-state index in [0.29, 0.717) is 5.56 Å². The van der Waals surface area contributed by atoms with Crippen molar-refractivity contribution in [1.82, 2.24) is 0 Å². The van der Waals surface area contributed by atoms with E-state index in [0.717, 1.165) is 6.08 Å². The van der Waals surface area contributed by atoms with Gasteiger partial charge < -0.3 is 9.76 Å². The van der Waals surface area contributed by atoms with Crippen LogP contribution >= 0.6 is 0 Å². The van der Waals surface area contributed by atoms with Gasteiger partial charge in [-0.15, -0.1) is 0 Å². The summed E-state index contributed by atoms with van der Waals surface area (Å²) in [5, 5.41) is 8.83. The second-order valence-electron chi connectivity index (χ2n) is 4.50. The molecule has 0 aromatic heterocycles. The van der Waals surface area contributed by atoms with Gasteiger partial charge >= 0.3 is 13.4 Å². The van der Waals surface area contributed by atoms with Gasteiger partial charge in [0.2, 0.25) is 0 Å². The molecule has 0 saturated heterocycles. The Bertz CT molecular complexity index is 728. The monoisotopic (exact) mass is 316 g/mol. The first kappa shape index (κ1) is 16.4. The van der Waals surface area contributed by atoms with Gasteiger partial charge in [-0.25, -0.2) is 13.4 Å². The lowest BCUT2D eigenvalue weighted by atomic mass is 10.1. The molecule has 0 spiro atoms. The number of carbonyl (C=O) groups excluding carboxylic acids is 1. The zero-order chi connectivity index (χ0) is 16.8. The fourth-order valence-electron chi connectivity index (χ4n) is 1.86. The molecule has 2 aromatic rings. The lowest BCUT2D eigenvalue weighted by Gasteiger charge is -2.09. The minimum Gasteiger partial charge on any atom is -0.505 e. The quantitative estimate of drug-likeness (QED) is 0.383. The fraction of sp³-hybridized carbons (Fsp3) is 0. The normalized spacial score (nSPS) is 11.0. The Balaban J connectivity index is 2.34. The molecular formula is C16H11BF2O4. The first-order valence-electron chi connectivity index (χ1n) is 6.57. The number of carboxylic acids is 1. The Morgan fingerprint density at radius 1 is 0.913 bits per heavy atom. The number of hydrogen-bond donors (Lipinski definition) is 1. The summed E-state index contributed by atoms with van der Waals surface area (Å²) in [4.78, 5) is 22.9. The molecule has 0 heterocycles. The molecular weight excluding hydrogens is 305 g/mol. The van der Waals surface area contributed by atoms with Gasteiger partial charge in [-0.2, -0.15) is 0 Å². The van der Waals surface area contributed by atoms with Gasteiger partial charge in [0.1, 0.15) is 5.76 Å². The van der Waals surface area contributed by atoms with Gasteiger partial charge in [0.25, 0.3) is 0 Å². The maximum absolute atomic E-state index is 12.6. The van der Waals surface area contributed by atoms with Gasteiger partial charge in [-0.3, -0.25) is 4.79 Å². The Morgan fingerprint density at radius 3 is 2.00 bits per heavy atom. The topological polar surface area (TPSA) is 63.6 Å². The second kappa shape index (κ2) is 7.35. The van der Waals surface area contributed by atoms with Crippen LogP contribution in [0.3, 0.4) is 0 Å². The molecule has 0 amide bonds. The molecule has 0 radical (unpaired) electrons. The molecule has 7 heteroatoms. The number of carbonyl (C=O) groups is 2. The average Bonchev–Trinajstić information content (AvgIpc) is 2.54. The van der Waals surface area contributed by atoms with Crippen molar-refractivity contribution in [2.75, 3.05) is 0 Å². The molecule has 0 fully saturated rings. The van der Waals surface area contributed by atoms with Crippen LogP contribution in [0.25, 0.3) is 5.76 Å². The van der Waals surface area contributed by atoms with E-state index in [1.165, 1.54) is 24.3 Å². The zero-order valence-electron chi connectivity index (χ0n) is 11.8. The van der Waals surface area contributed by atoms with Crippen molar-refractivity contribution in [2.24, 2.45) is 0 Å². The van der Waals surface area contributed by atoms with Crippen molar-refractivity contribution >= 4 is 25.0 Å². The molecule has 0 saturated carbocycles. The molecule has 2 aromatic carbocycles. The summed E-state index contributed by atoms with van der Waals surface area (Å²) >= 11 is 0. The van der Waals surface area contributed by atoms with E-state index in [1.807, 2.05) is 0 Å². The smallest absolute Gasteiger partial charge is 0.505 e. The molecule has 0 unspecified atom stereocenters. The largest absolute Gasteiger partial charge is 0.796 e. The molecule has 116 valence electrons. The highest BCUT2D eigenvalue weighted by atomic mass is 19.2. The molecule has 0 bridgehead atoms. The van der Waals surface area contributed by atoms with Crippen LogP contribution in [0.4, 0.5) is 8.63 Å². The summed E-state index contributed by atoms with van der Waals surface area (Å²) in [5.74, 6) is -1.97. The number of benzene rings is 2. The summed E-state index contributed by atoms with van der Waals surface area (Å²) in [7, 11) is -3.11.